The first-order valence-electron chi connectivity index (χ1n) is 10.8. The van der Waals surface area contributed by atoms with E-state index < -0.39 is 0 Å². The van der Waals surface area contributed by atoms with Gasteiger partial charge in [0.15, 0.2) is 11.5 Å². The molecule has 5 aromatic rings. The summed E-state index contributed by atoms with van der Waals surface area (Å²) in [7, 11) is 0. The lowest BCUT2D eigenvalue weighted by molar-refractivity contribution is 0.174. The van der Waals surface area contributed by atoms with Crippen molar-refractivity contribution in [2.45, 2.75) is 12.8 Å². The van der Waals surface area contributed by atoms with Crippen molar-refractivity contribution in [3.05, 3.63) is 78.8 Å². The van der Waals surface area contributed by atoms with Crippen molar-refractivity contribution in [1.82, 2.24) is 14.5 Å². The van der Waals surface area contributed by atoms with Gasteiger partial charge in [0.1, 0.15) is 11.8 Å². The lowest BCUT2D eigenvalue weighted by atomic mass is 10.0. The summed E-state index contributed by atoms with van der Waals surface area (Å²) in [5, 5.41) is 1.06. The van der Waals surface area contributed by atoms with Crippen LogP contribution in [-0.4, -0.2) is 27.9 Å². The molecule has 0 spiro atoms. The van der Waals surface area contributed by atoms with E-state index in [0.29, 0.717) is 6.54 Å². The summed E-state index contributed by atoms with van der Waals surface area (Å²) in [4.78, 5) is 9.24. The number of hydrogen-bond donors (Lipinski definition) is 1. The summed E-state index contributed by atoms with van der Waals surface area (Å²) < 4.78 is 13.1. The Bertz CT molecular complexity index is 1440. The van der Waals surface area contributed by atoms with Gasteiger partial charge in [-0.2, -0.15) is 0 Å². The highest BCUT2D eigenvalue weighted by molar-refractivity contribution is 6.04. The van der Waals surface area contributed by atoms with Crippen LogP contribution >= 0.6 is 0 Å². The Morgan fingerprint density at radius 2 is 1.66 bits per heavy atom. The molecule has 1 aliphatic rings. The fourth-order valence-corrected chi connectivity index (χ4v) is 4.27. The molecule has 0 atom stereocenters. The molecule has 2 N–H and O–H groups in total. The number of imidazole rings is 1. The highest BCUT2D eigenvalue weighted by Gasteiger charge is 2.15. The second-order valence-corrected chi connectivity index (χ2v) is 7.97. The Morgan fingerprint density at radius 1 is 0.844 bits per heavy atom. The highest BCUT2D eigenvalue weighted by Crippen LogP contribution is 2.37. The van der Waals surface area contributed by atoms with E-state index in [9.17, 15) is 0 Å². The van der Waals surface area contributed by atoms with Crippen molar-refractivity contribution in [2.24, 2.45) is 5.73 Å². The monoisotopic (exact) mass is 422 g/mol. The molecule has 158 valence electrons. The van der Waals surface area contributed by atoms with Gasteiger partial charge in [0, 0.05) is 11.1 Å². The van der Waals surface area contributed by atoms with Gasteiger partial charge in [-0.15, -0.1) is 0 Å². The molecular weight excluding hydrogens is 400 g/mol. The van der Waals surface area contributed by atoms with Gasteiger partial charge in [-0.3, -0.25) is 9.55 Å². The molecule has 1 aliphatic heterocycles. The summed E-state index contributed by atoms with van der Waals surface area (Å²) in [5.41, 5.74) is 13.0. The lowest BCUT2D eigenvalue weighted by Crippen LogP contribution is -2.00. The van der Waals surface area contributed by atoms with Crippen molar-refractivity contribution in [3.63, 3.8) is 0 Å². The Labute approximate surface area is 185 Å². The van der Waals surface area contributed by atoms with Gasteiger partial charge in [0.2, 0.25) is 6.79 Å². The third-order valence-corrected chi connectivity index (χ3v) is 5.96. The topological polar surface area (TPSA) is 75.2 Å². The van der Waals surface area contributed by atoms with Crippen LogP contribution in [0.1, 0.15) is 12.0 Å². The molecule has 0 fully saturated rings. The smallest absolute Gasteiger partial charge is 0.231 e. The van der Waals surface area contributed by atoms with Gasteiger partial charge in [-0.1, -0.05) is 24.3 Å². The number of hydrogen-bond acceptors (Lipinski definition) is 5. The standard InChI is InChI=1S/C26H22N4O2/c27-11-1-2-17-3-7-20(8-4-17)30-15-29-23-14-28-22-9-5-18(12-21(22)26(23)30)19-6-10-24-25(13-19)32-16-31-24/h3-10,12-15H,1-2,11,16,27H2. The number of benzene rings is 3. The van der Waals surface area contributed by atoms with Crippen LogP contribution in [0.5, 0.6) is 11.5 Å². The first kappa shape index (κ1) is 18.8. The highest BCUT2D eigenvalue weighted by atomic mass is 16.7. The van der Waals surface area contributed by atoms with E-state index in [1.54, 1.807) is 0 Å². The lowest BCUT2D eigenvalue weighted by Gasteiger charge is -2.10. The molecule has 6 rings (SSSR count). The van der Waals surface area contributed by atoms with Gasteiger partial charge in [-0.05, 0) is 72.5 Å². The maximum absolute atomic E-state index is 5.65. The molecule has 3 heterocycles. The summed E-state index contributed by atoms with van der Waals surface area (Å²) in [5.74, 6) is 1.56. The molecule has 0 radical (unpaired) electrons. The Balaban J connectivity index is 1.47. The van der Waals surface area contributed by atoms with Crippen LogP contribution in [0.4, 0.5) is 0 Å². The van der Waals surface area contributed by atoms with Crippen LogP contribution in [-0.2, 0) is 6.42 Å². The number of aromatic nitrogens is 3. The molecule has 6 heteroatoms. The van der Waals surface area contributed by atoms with Crippen molar-refractivity contribution >= 4 is 21.9 Å². The minimum atomic E-state index is 0.269. The van der Waals surface area contributed by atoms with Gasteiger partial charge in [0.25, 0.3) is 0 Å². The Hall–Kier alpha value is -3.90. The average molecular weight is 422 g/mol. The van der Waals surface area contributed by atoms with E-state index in [1.807, 2.05) is 24.7 Å². The van der Waals surface area contributed by atoms with Crippen LogP contribution in [0.3, 0.4) is 0 Å². The number of rotatable bonds is 5. The quantitative estimate of drug-likeness (QED) is 0.438. The number of nitrogens with two attached hydrogens (primary N) is 1. The Kier molecular flexibility index (Phi) is 4.51. The molecule has 2 aromatic heterocycles. The maximum atomic E-state index is 5.65. The van der Waals surface area contributed by atoms with Crippen molar-refractivity contribution < 1.29 is 9.47 Å². The normalized spacial score (nSPS) is 12.7. The summed E-state index contributed by atoms with van der Waals surface area (Å²) >= 11 is 0. The van der Waals surface area contributed by atoms with Crippen LogP contribution in [0.15, 0.2) is 73.2 Å². The number of aryl methyl sites for hydroxylation is 1. The van der Waals surface area contributed by atoms with Crippen molar-refractivity contribution in [2.75, 3.05) is 13.3 Å². The largest absolute Gasteiger partial charge is 0.454 e. The minimum Gasteiger partial charge on any atom is -0.454 e. The summed E-state index contributed by atoms with van der Waals surface area (Å²) in [6.45, 7) is 0.976. The van der Waals surface area contributed by atoms with Crippen molar-refractivity contribution in [1.29, 1.82) is 0 Å². The van der Waals surface area contributed by atoms with Gasteiger partial charge in [-0.25, -0.2) is 4.98 Å². The van der Waals surface area contributed by atoms with E-state index in [0.717, 1.165) is 63.1 Å². The fraction of sp³-hybridized carbons (Fsp3) is 0.154. The zero-order valence-corrected chi connectivity index (χ0v) is 17.5. The predicted octanol–water partition coefficient (Wildman–Crippen LogP) is 4.86. The molecule has 0 saturated heterocycles. The molecule has 0 bridgehead atoms. The fourth-order valence-electron chi connectivity index (χ4n) is 4.27. The van der Waals surface area contributed by atoms with E-state index in [2.05, 4.69) is 63.1 Å². The number of pyridine rings is 1. The number of ether oxygens (including phenoxy) is 2. The minimum absolute atomic E-state index is 0.269. The SMILES string of the molecule is NCCCc1ccc(-n2cnc3cnc4ccc(-c5ccc6c(c5)OCO6)cc4c32)cc1. The third kappa shape index (κ3) is 3.16. The number of nitrogens with zero attached hydrogens (tertiary/aromatic N) is 3. The molecular formula is C26H22N4O2. The first-order valence-corrected chi connectivity index (χ1v) is 10.8. The molecule has 0 aliphatic carbocycles. The molecule has 3 aromatic carbocycles. The maximum Gasteiger partial charge on any atom is 0.231 e. The Morgan fingerprint density at radius 3 is 2.53 bits per heavy atom. The average Bonchev–Trinajstić information content (AvgIpc) is 3.49. The summed E-state index contributed by atoms with van der Waals surface area (Å²) in [6, 6.07) is 21.0. The van der Waals surface area contributed by atoms with E-state index in [-0.39, 0.29) is 6.79 Å². The third-order valence-electron chi connectivity index (χ3n) is 5.96. The van der Waals surface area contributed by atoms with Crippen LogP contribution in [0, 0.1) is 0 Å². The van der Waals surface area contributed by atoms with E-state index in [4.69, 9.17) is 15.2 Å². The van der Waals surface area contributed by atoms with Crippen LogP contribution in [0.2, 0.25) is 0 Å². The molecule has 0 unspecified atom stereocenters. The predicted molar refractivity (Wildman–Crippen MR) is 125 cm³/mol. The van der Waals surface area contributed by atoms with Gasteiger partial charge < -0.3 is 15.2 Å². The first-order chi connectivity index (χ1) is 15.8. The molecule has 6 nitrogen and oxygen atoms in total. The van der Waals surface area contributed by atoms with Gasteiger partial charge in [0.05, 0.1) is 17.2 Å². The molecule has 0 amide bonds. The number of fused-ring (bicyclic) bond motifs is 4. The molecule has 32 heavy (non-hydrogen) atoms. The van der Waals surface area contributed by atoms with Crippen LogP contribution < -0.4 is 15.2 Å². The van der Waals surface area contributed by atoms with E-state index in [1.165, 1.54) is 5.56 Å². The van der Waals surface area contributed by atoms with Crippen molar-refractivity contribution in [3.8, 4) is 28.3 Å². The zero-order valence-electron chi connectivity index (χ0n) is 17.5. The van der Waals surface area contributed by atoms with Gasteiger partial charge >= 0.3 is 0 Å². The molecule has 0 saturated carbocycles. The second-order valence-electron chi connectivity index (χ2n) is 7.97. The zero-order chi connectivity index (χ0) is 21.5. The second kappa shape index (κ2) is 7.66. The van der Waals surface area contributed by atoms with Crippen LogP contribution in [0.25, 0.3) is 38.8 Å². The summed E-state index contributed by atoms with van der Waals surface area (Å²) in [6.07, 6.45) is 5.69. The van der Waals surface area contributed by atoms with E-state index >= 15 is 0 Å².